The van der Waals surface area contributed by atoms with Crippen molar-refractivity contribution < 1.29 is 19.4 Å². The van der Waals surface area contributed by atoms with E-state index in [2.05, 4.69) is 0 Å². The summed E-state index contributed by atoms with van der Waals surface area (Å²) < 4.78 is 5.00. The van der Waals surface area contributed by atoms with Crippen LogP contribution in [0.2, 0.25) is 0 Å². The highest BCUT2D eigenvalue weighted by Crippen LogP contribution is 2.18. The second-order valence-corrected chi connectivity index (χ2v) is 4.59. The molecule has 1 heterocycles. The van der Waals surface area contributed by atoms with Crippen molar-refractivity contribution in [2.24, 2.45) is 11.8 Å². The highest BCUT2D eigenvalue weighted by molar-refractivity contribution is 5.73. The zero-order valence-electron chi connectivity index (χ0n) is 10.5. The largest absolute Gasteiger partial charge is 0.481 e. The van der Waals surface area contributed by atoms with E-state index < -0.39 is 11.9 Å². The van der Waals surface area contributed by atoms with Gasteiger partial charge in [0.2, 0.25) is 0 Å². The molecule has 1 aliphatic heterocycles. The number of rotatable bonds is 5. The van der Waals surface area contributed by atoms with Gasteiger partial charge in [-0.1, -0.05) is 6.92 Å². The van der Waals surface area contributed by atoms with E-state index in [1.165, 1.54) is 0 Å². The van der Waals surface area contributed by atoms with Gasteiger partial charge >= 0.3 is 11.9 Å². The summed E-state index contributed by atoms with van der Waals surface area (Å²) in [7, 11) is 0. The number of carbonyl (C=O) groups is 2. The van der Waals surface area contributed by atoms with Gasteiger partial charge in [-0.05, 0) is 26.3 Å². The average molecular weight is 243 g/mol. The van der Waals surface area contributed by atoms with Crippen molar-refractivity contribution in [2.75, 3.05) is 26.2 Å². The van der Waals surface area contributed by atoms with Gasteiger partial charge in [-0.15, -0.1) is 0 Å². The number of carboxylic acid groups (broad SMARTS) is 1. The number of nitrogens with zero attached hydrogens (tertiary/aromatic N) is 1. The SMILES string of the molecule is CCOC(=O)[C@H]1CCCN(CC(C)C(=O)O)C1. The molecular weight excluding hydrogens is 222 g/mol. The van der Waals surface area contributed by atoms with E-state index in [4.69, 9.17) is 9.84 Å². The normalized spacial score (nSPS) is 23.1. The maximum absolute atomic E-state index is 11.6. The van der Waals surface area contributed by atoms with Crippen molar-refractivity contribution >= 4 is 11.9 Å². The summed E-state index contributed by atoms with van der Waals surface area (Å²) >= 11 is 0. The van der Waals surface area contributed by atoms with Crippen LogP contribution < -0.4 is 0 Å². The molecule has 0 spiro atoms. The highest BCUT2D eigenvalue weighted by Gasteiger charge is 2.28. The summed E-state index contributed by atoms with van der Waals surface area (Å²) in [5.74, 6) is -1.43. The minimum atomic E-state index is -0.789. The van der Waals surface area contributed by atoms with Crippen LogP contribution in [0.4, 0.5) is 0 Å². The van der Waals surface area contributed by atoms with Gasteiger partial charge in [0, 0.05) is 13.1 Å². The number of hydrogen-bond donors (Lipinski definition) is 1. The van der Waals surface area contributed by atoms with E-state index in [-0.39, 0.29) is 11.9 Å². The Hall–Kier alpha value is -1.10. The van der Waals surface area contributed by atoms with E-state index in [0.717, 1.165) is 19.4 Å². The lowest BCUT2D eigenvalue weighted by Gasteiger charge is -2.32. The van der Waals surface area contributed by atoms with Crippen LogP contribution in [0.3, 0.4) is 0 Å². The number of carboxylic acids is 1. The van der Waals surface area contributed by atoms with Gasteiger partial charge in [0.15, 0.2) is 0 Å². The first-order valence-corrected chi connectivity index (χ1v) is 6.16. The van der Waals surface area contributed by atoms with E-state index in [1.54, 1.807) is 13.8 Å². The van der Waals surface area contributed by atoms with E-state index in [1.807, 2.05) is 4.90 Å². The van der Waals surface area contributed by atoms with Crippen LogP contribution in [0.25, 0.3) is 0 Å². The van der Waals surface area contributed by atoms with Gasteiger partial charge in [-0.2, -0.15) is 0 Å². The molecule has 98 valence electrons. The van der Waals surface area contributed by atoms with Crippen molar-refractivity contribution in [2.45, 2.75) is 26.7 Å². The molecule has 0 aromatic carbocycles. The van der Waals surface area contributed by atoms with Crippen LogP contribution in [0.15, 0.2) is 0 Å². The van der Waals surface area contributed by atoms with Crippen LogP contribution in [0.1, 0.15) is 26.7 Å². The molecule has 2 atom stereocenters. The molecule has 5 nitrogen and oxygen atoms in total. The van der Waals surface area contributed by atoms with E-state index >= 15 is 0 Å². The molecule has 0 aromatic heterocycles. The minimum absolute atomic E-state index is 0.0929. The molecule has 0 bridgehead atoms. The van der Waals surface area contributed by atoms with Gasteiger partial charge in [-0.25, -0.2) is 0 Å². The molecular formula is C12H21NO4. The van der Waals surface area contributed by atoms with Crippen molar-refractivity contribution in [1.82, 2.24) is 4.90 Å². The monoisotopic (exact) mass is 243 g/mol. The Kier molecular flexibility index (Phi) is 5.41. The van der Waals surface area contributed by atoms with Crippen molar-refractivity contribution in [1.29, 1.82) is 0 Å². The molecule has 0 radical (unpaired) electrons. The van der Waals surface area contributed by atoms with Gasteiger partial charge in [0.05, 0.1) is 18.4 Å². The zero-order valence-corrected chi connectivity index (χ0v) is 10.5. The molecule has 1 aliphatic rings. The summed E-state index contributed by atoms with van der Waals surface area (Å²) in [6.07, 6.45) is 1.77. The average Bonchev–Trinajstić information content (AvgIpc) is 2.29. The Morgan fingerprint density at radius 2 is 2.24 bits per heavy atom. The lowest BCUT2D eigenvalue weighted by Crippen LogP contribution is -2.42. The van der Waals surface area contributed by atoms with Crippen LogP contribution in [-0.4, -0.2) is 48.2 Å². The topological polar surface area (TPSA) is 66.8 Å². The number of ether oxygens (including phenoxy) is 1. The Morgan fingerprint density at radius 1 is 1.53 bits per heavy atom. The van der Waals surface area contributed by atoms with Crippen molar-refractivity contribution in [3.63, 3.8) is 0 Å². The molecule has 0 amide bonds. The fourth-order valence-corrected chi connectivity index (χ4v) is 2.14. The third-order valence-electron chi connectivity index (χ3n) is 3.08. The zero-order chi connectivity index (χ0) is 12.8. The summed E-state index contributed by atoms with van der Waals surface area (Å²) in [4.78, 5) is 24.4. The van der Waals surface area contributed by atoms with Crippen molar-refractivity contribution in [3.05, 3.63) is 0 Å². The Labute approximate surface area is 102 Å². The van der Waals surface area contributed by atoms with Gasteiger partial charge in [0.1, 0.15) is 0 Å². The lowest BCUT2D eigenvalue weighted by atomic mass is 9.97. The Bertz CT molecular complexity index is 280. The number of carbonyl (C=O) groups excluding carboxylic acids is 1. The highest BCUT2D eigenvalue weighted by atomic mass is 16.5. The predicted molar refractivity (Wildman–Crippen MR) is 62.6 cm³/mol. The maximum Gasteiger partial charge on any atom is 0.310 e. The van der Waals surface area contributed by atoms with Gasteiger partial charge in [0.25, 0.3) is 0 Å². The molecule has 1 fully saturated rings. The fraction of sp³-hybridized carbons (Fsp3) is 0.833. The summed E-state index contributed by atoms with van der Waals surface area (Å²) in [5.41, 5.74) is 0. The fourth-order valence-electron chi connectivity index (χ4n) is 2.14. The molecule has 1 rings (SSSR count). The summed E-state index contributed by atoms with van der Waals surface area (Å²) in [6, 6.07) is 0. The molecule has 0 aromatic rings. The van der Waals surface area contributed by atoms with Gasteiger partial charge < -0.3 is 14.7 Å². The number of aliphatic carboxylic acids is 1. The first-order valence-electron chi connectivity index (χ1n) is 6.16. The number of likely N-dealkylation sites (tertiary alicyclic amines) is 1. The minimum Gasteiger partial charge on any atom is -0.481 e. The molecule has 17 heavy (non-hydrogen) atoms. The summed E-state index contributed by atoms with van der Waals surface area (Å²) in [6.45, 7) is 5.89. The van der Waals surface area contributed by atoms with Crippen molar-refractivity contribution in [3.8, 4) is 0 Å². The van der Waals surface area contributed by atoms with Crippen LogP contribution >= 0.6 is 0 Å². The first kappa shape index (κ1) is 14.0. The Morgan fingerprint density at radius 3 is 2.82 bits per heavy atom. The smallest absolute Gasteiger partial charge is 0.310 e. The second kappa shape index (κ2) is 6.59. The maximum atomic E-state index is 11.6. The van der Waals surface area contributed by atoms with Crippen LogP contribution in [-0.2, 0) is 14.3 Å². The number of esters is 1. The first-order chi connectivity index (χ1) is 8.04. The van der Waals surface area contributed by atoms with E-state index in [9.17, 15) is 9.59 Å². The number of piperidine rings is 1. The Balaban J connectivity index is 2.43. The lowest BCUT2D eigenvalue weighted by molar-refractivity contribution is -0.150. The van der Waals surface area contributed by atoms with E-state index in [0.29, 0.717) is 19.7 Å². The van der Waals surface area contributed by atoms with Crippen LogP contribution in [0, 0.1) is 11.8 Å². The predicted octanol–water partition coefficient (Wildman–Crippen LogP) is 0.982. The third-order valence-corrected chi connectivity index (χ3v) is 3.08. The third kappa shape index (κ3) is 4.34. The van der Waals surface area contributed by atoms with Gasteiger partial charge in [-0.3, -0.25) is 9.59 Å². The molecule has 0 aliphatic carbocycles. The molecule has 1 N–H and O–H groups in total. The molecule has 1 unspecified atom stereocenters. The molecule has 5 heteroatoms. The molecule has 0 saturated carbocycles. The quantitative estimate of drug-likeness (QED) is 0.729. The summed E-state index contributed by atoms with van der Waals surface area (Å²) in [5, 5.41) is 8.85. The van der Waals surface area contributed by atoms with Crippen LogP contribution in [0.5, 0.6) is 0 Å². The second-order valence-electron chi connectivity index (χ2n) is 4.59. The standard InChI is InChI=1S/C12H21NO4/c1-3-17-12(16)10-5-4-6-13(8-10)7-9(2)11(14)15/h9-10H,3-8H2,1-2H3,(H,14,15)/t9?,10-/m0/s1. The number of hydrogen-bond acceptors (Lipinski definition) is 4. The molecule has 1 saturated heterocycles.